The topological polar surface area (TPSA) is 100 Å². The Morgan fingerprint density at radius 2 is 1.29 bits per heavy atom. The number of hydrogen-bond donors (Lipinski definition) is 2. The third-order valence-electron chi connectivity index (χ3n) is 6.04. The van der Waals surface area contributed by atoms with Crippen LogP contribution in [0.2, 0.25) is 0 Å². The lowest BCUT2D eigenvalue weighted by Gasteiger charge is -2.17. The number of carbonyl (C=O) groups is 1. The molecule has 1 aromatic heterocycles. The SMILES string of the molecule is COc1cc2nc3cc(OC)c(OC)cc3c(Nc3ccc(CCOC(=O)NC(C)C)cc3)c2cc1OC. The molecule has 9 nitrogen and oxygen atoms in total. The molecule has 9 heteroatoms. The maximum absolute atomic E-state index is 11.7. The molecule has 2 N–H and O–H groups in total. The van der Waals surface area contributed by atoms with Crippen molar-refractivity contribution < 1.29 is 28.5 Å². The molecule has 0 bridgehead atoms. The molecule has 0 atom stereocenters. The fourth-order valence-electron chi connectivity index (χ4n) is 4.17. The van der Waals surface area contributed by atoms with E-state index in [9.17, 15) is 4.79 Å². The fraction of sp³-hybridized carbons (Fsp3) is 0.310. The Morgan fingerprint density at radius 3 is 1.76 bits per heavy atom. The van der Waals surface area contributed by atoms with Gasteiger partial charge in [0.25, 0.3) is 0 Å². The molecule has 0 saturated heterocycles. The minimum Gasteiger partial charge on any atom is -0.493 e. The predicted octanol–water partition coefficient (Wildman–Crippen LogP) is 5.84. The number of ether oxygens (including phenoxy) is 5. The van der Waals surface area contributed by atoms with Crippen LogP contribution < -0.4 is 29.6 Å². The molecule has 0 radical (unpaired) electrons. The molecule has 3 aromatic carbocycles. The van der Waals surface area contributed by atoms with Crippen LogP contribution >= 0.6 is 0 Å². The zero-order valence-electron chi connectivity index (χ0n) is 22.5. The number of rotatable bonds is 10. The number of benzene rings is 3. The van der Waals surface area contributed by atoms with Crippen molar-refractivity contribution in [1.82, 2.24) is 10.3 Å². The highest BCUT2D eigenvalue weighted by molar-refractivity contribution is 6.10. The van der Waals surface area contributed by atoms with Crippen molar-refractivity contribution in [2.24, 2.45) is 0 Å². The third kappa shape index (κ3) is 5.77. The number of anilines is 2. The van der Waals surface area contributed by atoms with E-state index in [4.69, 9.17) is 28.7 Å². The van der Waals surface area contributed by atoms with Crippen molar-refractivity contribution >= 4 is 39.3 Å². The molecule has 0 saturated carbocycles. The van der Waals surface area contributed by atoms with Gasteiger partial charge in [0, 0.05) is 41.1 Å². The summed E-state index contributed by atoms with van der Waals surface area (Å²) in [5, 5.41) is 7.99. The zero-order valence-corrected chi connectivity index (χ0v) is 22.5. The Labute approximate surface area is 222 Å². The monoisotopic (exact) mass is 519 g/mol. The van der Waals surface area contributed by atoms with Crippen molar-refractivity contribution in [3.63, 3.8) is 0 Å². The summed E-state index contributed by atoms with van der Waals surface area (Å²) in [6.07, 6.45) is 0.204. The third-order valence-corrected chi connectivity index (χ3v) is 6.04. The van der Waals surface area contributed by atoms with Gasteiger partial charge in [-0.2, -0.15) is 0 Å². The van der Waals surface area contributed by atoms with Crippen molar-refractivity contribution in [1.29, 1.82) is 0 Å². The van der Waals surface area contributed by atoms with E-state index in [0.717, 1.165) is 38.7 Å². The summed E-state index contributed by atoms with van der Waals surface area (Å²) >= 11 is 0. The Kier molecular flexibility index (Phi) is 8.25. The second kappa shape index (κ2) is 11.8. The molecule has 0 aliphatic rings. The molecule has 0 spiro atoms. The van der Waals surface area contributed by atoms with E-state index < -0.39 is 6.09 Å². The van der Waals surface area contributed by atoms with Crippen LogP contribution in [-0.2, 0) is 11.2 Å². The van der Waals surface area contributed by atoms with Crippen LogP contribution in [0.25, 0.3) is 21.8 Å². The van der Waals surface area contributed by atoms with Gasteiger partial charge in [-0.25, -0.2) is 9.78 Å². The summed E-state index contributed by atoms with van der Waals surface area (Å²) in [6, 6.07) is 15.6. The summed E-state index contributed by atoms with van der Waals surface area (Å²) in [5.74, 6) is 2.38. The van der Waals surface area contributed by atoms with Crippen LogP contribution in [0, 0.1) is 0 Å². The largest absolute Gasteiger partial charge is 0.493 e. The molecule has 1 amide bonds. The molecule has 0 aliphatic heterocycles. The van der Waals surface area contributed by atoms with Gasteiger partial charge in [-0.1, -0.05) is 12.1 Å². The Bertz CT molecular complexity index is 1370. The first-order valence-electron chi connectivity index (χ1n) is 12.3. The number of aromatic nitrogens is 1. The van der Waals surface area contributed by atoms with E-state index in [-0.39, 0.29) is 6.04 Å². The second-order valence-electron chi connectivity index (χ2n) is 8.94. The number of alkyl carbamates (subject to hydrolysis) is 1. The van der Waals surface area contributed by atoms with Gasteiger partial charge in [0.2, 0.25) is 0 Å². The van der Waals surface area contributed by atoms with Gasteiger partial charge in [-0.05, 0) is 43.7 Å². The number of fused-ring (bicyclic) bond motifs is 2. The fourth-order valence-corrected chi connectivity index (χ4v) is 4.17. The first kappa shape index (κ1) is 26.7. The van der Waals surface area contributed by atoms with Crippen LogP contribution in [0.5, 0.6) is 23.0 Å². The van der Waals surface area contributed by atoms with Gasteiger partial charge < -0.3 is 34.3 Å². The van der Waals surface area contributed by atoms with E-state index in [0.29, 0.717) is 36.0 Å². The number of hydrogen-bond acceptors (Lipinski definition) is 8. The van der Waals surface area contributed by atoms with Gasteiger partial charge >= 0.3 is 6.09 Å². The van der Waals surface area contributed by atoms with E-state index in [1.165, 1.54) is 0 Å². The average molecular weight is 520 g/mol. The summed E-state index contributed by atoms with van der Waals surface area (Å²) in [5.41, 5.74) is 4.24. The highest BCUT2D eigenvalue weighted by Crippen LogP contribution is 2.42. The van der Waals surface area contributed by atoms with Gasteiger partial charge in [-0.3, -0.25) is 0 Å². The molecule has 1 heterocycles. The smallest absolute Gasteiger partial charge is 0.407 e. The van der Waals surface area contributed by atoms with Crippen LogP contribution in [0.3, 0.4) is 0 Å². The van der Waals surface area contributed by atoms with E-state index in [2.05, 4.69) is 10.6 Å². The summed E-state index contributed by atoms with van der Waals surface area (Å²) in [6.45, 7) is 4.08. The summed E-state index contributed by atoms with van der Waals surface area (Å²) in [4.78, 5) is 16.6. The molecule has 200 valence electrons. The number of nitrogens with zero attached hydrogens (tertiary/aromatic N) is 1. The van der Waals surface area contributed by atoms with Crippen molar-refractivity contribution in [3.05, 3.63) is 54.1 Å². The van der Waals surface area contributed by atoms with Gasteiger partial charge in [0.15, 0.2) is 23.0 Å². The molecule has 0 fully saturated rings. The quantitative estimate of drug-likeness (QED) is 0.252. The van der Waals surface area contributed by atoms with Crippen LogP contribution in [-0.4, -0.2) is 52.2 Å². The lowest BCUT2D eigenvalue weighted by Crippen LogP contribution is -2.31. The van der Waals surface area contributed by atoms with Crippen LogP contribution in [0.15, 0.2) is 48.5 Å². The maximum Gasteiger partial charge on any atom is 0.407 e. The lowest BCUT2D eigenvalue weighted by molar-refractivity contribution is 0.145. The normalized spacial score (nSPS) is 10.9. The van der Waals surface area contributed by atoms with Gasteiger partial charge in [0.1, 0.15) is 0 Å². The second-order valence-corrected chi connectivity index (χ2v) is 8.94. The predicted molar refractivity (Wildman–Crippen MR) is 149 cm³/mol. The number of carbonyl (C=O) groups excluding carboxylic acids is 1. The summed E-state index contributed by atoms with van der Waals surface area (Å²) < 4.78 is 27.4. The minimum absolute atomic E-state index is 0.0373. The van der Waals surface area contributed by atoms with E-state index in [1.54, 1.807) is 28.4 Å². The first-order chi connectivity index (χ1) is 18.4. The van der Waals surface area contributed by atoms with Crippen molar-refractivity contribution in [3.8, 4) is 23.0 Å². The number of pyridine rings is 1. The number of nitrogens with one attached hydrogen (secondary N) is 2. The van der Waals surface area contributed by atoms with E-state index in [1.807, 2.05) is 62.4 Å². The lowest BCUT2D eigenvalue weighted by atomic mass is 10.1. The van der Waals surface area contributed by atoms with Gasteiger partial charge in [-0.15, -0.1) is 0 Å². The summed E-state index contributed by atoms with van der Waals surface area (Å²) in [7, 11) is 6.41. The van der Waals surface area contributed by atoms with Crippen molar-refractivity contribution in [2.45, 2.75) is 26.3 Å². The Morgan fingerprint density at radius 1 is 0.789 bits per heavy atom. The van der Waals surface area contributed by atoms with Crippen LogP contribution in [0.4, 0.5) is 16.2 Å². The maximum atomic E-state index is 11.7. The van der Waals surface area contributed by atoms with Gasteiger partial charge in [0.05, 0.1) is 51.8 Å². The Hall–Kier alpha value is -4.40. The molecule has 38 heavy (non-hydrogen) atoms. The molecular weight excluding hydrogens is 486 g/mol. The Balaban J connectivity index is 1.70. The highest BCUT2D eigenvalue weighted by Gasteiger charge is 2.17. The van der Waals surface area contributed by atoms with Crippen LogP contribution in [0.1, 0.15) is 19.4 Å². The molecule has 0 unspecified atom stereocenters. The highest BCUT2D eigenvalue weighted by atomic mass is 16.5. The van der Waals surface area contributed by atoms with E-state index >= 15 is 0 Å². The average Bonchev–Trinajstić information content (AvgIpc) is 2.91. The molecule has 0 aliphatic carbocycles. The molecular formula is C29H33N3O6. The minimum atomic E-state index is -0.408. The zero-order chi connectivity index (χ0) is 27.2. The molecule has 4 aromatic rings. The number of amides is 1. The first-order valence-corrected chi connectivity index (χ1v) is 12.3. The molecule has 4 rings (SSSR count). The standard InChI is InChI=1S/C29H33N3O6/c1-17(2)30-29(33)38-12-11-18-7-9-19(10-8-18)31-28-20-13-24(34-3)26(36-5)15-22(20)32-23-16-27(37-6)25(35-4)14-21(23)28/h7-10,13-17H,11-12H2,1-6H3,(H,30,33)(H,31,32). The number of methoxy groups -OCH3 is 4. The van der Waals surface area contributed by atoms with Crippen molar-refractivity contribution in [2.75, 3.05) is 40.4 Å².